The maximum Gasteiger partial charge on any atom is 0.154 e. The number of aryl methyl sites for hydroxylation is 2. The second kappa shape index (κ2) is 16.7. The molecule has 0 bridgehead atoms. The number of anilines is 4. The fourth-order valence-electron chi connectivity index (χ4n) is 6.36. The summed E-state index contributed by atoms with van der Waals surface area (Å²) < 4.78 is 3.50. The Morgan fingerprint density at radius 1 is 0.576 bits per heavy atom. The summed E-state index contributed by atoms with van der Waals surface area (Å²) in [4.78, 5) is 23.0. The lowest BCUT2D eigenvalue weighted by molar-refractivity contribution is 0.768. The molecule has 15 nitrogen and oxygen atoms in total. The Morgan fingerprint density at radius 2 is 1.12 bits per heavy atom. The Bertz CT molecular complexity index is 2910. The van der Waals surface area contributed by atoms with Crippen molar-refractivity contribution in [2.45, 2.75) is 39.5 Å². The van der Waals surface area contributed by atoms with Crippen molar-refractivity contribution in [3.63, 3.8) is 0 Å². The van der Waals surface area contributed by atoms with Gasteiger partial charge in [-0.3, -0.25) is 24.3 Å². The van der Waals surface area contributed by atoms with Crippen molar-refractivity contribution >= 4 is 56.9 Å². The molecule has 0 fully saturated rings. The molecular formula is C43H40ClN15. The predicted molar refractivity (Wildman–Crippen MR) is 231 cm³/mol. The fraction of sp³-hybridized carbons (Fsp3) is 0.186. The van der Waals surface area contributed by atoms with Gasteiger partial charge in [0, 0.05) is 84.7 Å². The molecule has 0 aliphatic heterocycles. The van der Waals surface area contributed by atoms with Crippen LogP contribution in [0.2, 0.25) is 5.02 Å². The van der Waals surface area contributed by atoms with Gasteiger partial charge in [0.2, 0.25) is 0 Å². The van der Waals surface area contributed by atoms with Gasteiger partial charge >= 0.3 is 0 Å². The van der Waals surface area contributed by atoms with E-state index < -0.39 is 0 Å². The second-order valence-electron chi connectivity index (χ2n) is 14.5. The van der Waals surface area contributed by atoms with Crippen LogP contribution in [-0.2, 0) is 14.1 Å². The van der Waals surface area contributed by atoms with Crippen molar-refractivity contribution in [1.29, 1.82) is 0 Å². The van der Waals surface area contributed by atoms with E-state index in [2.05, 4.69) is 88.9 Å². The molecule has 0 atom stereocenters. The van der Waals surface area contributed by atoms with Crippen LogP contribution >= 0.6 is 11.6 Å². The molecule has 9 heterocycles. The average Bonchev–Trinajstić information content (AvgIpc) is 3.89. The molecule has 0 amide bonds. The van der Waals surface area contributed by atoms with E-state index in [1.54, 1.807) is 40.3 Å². The number of rotatable bonds is 9. The first-order valence-corrected chi connectivity index (χ1v) is 19.3. The van der Waals surface area contributed by atoms with E-state index in [-0.39, 0.29) is 0 Å². The van der Waals surface area contributed by atoms with Crippen LogP contribution in [0.4, 0.5) is 23.3 Å². The Balaban J connectivity index is 0.000000167. The van der Waals surface area contributed by atoms with Gasteiger partial charge in [0.1, 0.15) is 17.2 Å². The molecule has 9 rings (SSSR count). The first-order chi connectivity index (χ1) is 28.6. The number of nitrogens with one attached hydrogen (secondary N) is 2. The van der Waals surface area contributed by atoms with Crippen LogP contribution in [0.5, 0.6) is 0 Å². The number of pyridine rings is 5. The summed E-state index contributed by atoms with van der Waals surface area (Å²) in [5.74, 6) is 3.32. The van der Waals surface area contributed by atoms with E-state index in [4.69, 9.17) is 16.6 Å². The lowest BCUT2D eigenvalue weighted by Crippen LogP contribution is -2.01. The minimum absolute atomic E-state index is 0.360. The molecule has 0 unspecified atom stereocenters. The molecule has 16 heteroatoms. The third kappa shape index (κ3) is 8.55. The van der Waals surface area contributed by atoms with E-state index in [9.17, 15) is 0 Å². The normalized spacial score (nSPS) is 11.3. The summed E-state index contributed by atoms with van der Waals surface area (Å²) >= 11 is 6.63. The number of hydrogen-bond donors (Lipinski definition) is 2. The highest BCUT2D eigenvalue weighted by molar-refractivity contribution is 6.37. The molecule has 2 N–H and O–H groups in total. The van der Waals surface area contributed by atoms with Crippen molar-refractivity contribution in [1.82, 2.24) is 64.9 Å². The molecule has 59 heavy (non-hydrogen) atoms. The fourth-order valence-corrected chi connectivity index (χ4v) is 6.66. The number of nitrogens with zero attached hydrogens (tertiary/aromatic N) is 13. The first-order valence-electron chi connectivity index (χ1n) is 18.9. The third-order valence-electron chi connectivity index (χ3n) is 9.54. The first kappa shape index (κ1) is 38.6. The highest BCUT2D eigenvalue weighted by Crippen LogP contribution is 2.37. The average molecular weight is 802 g/mol. The van der Waals surface area contributed by atoms with Crippen LogP contribution in [0.3, 0.4) is 0 Å². The standard InChI is InChI=1S/C24H22N8.C19H18ClN7/c1-15(2)17-9-22(31-27-11-17)29-21-7-6-20-24(30-21)23(16-5-4-8-25-10-16)19(13-26-20)18-12-28-32(3)14-18;1-11(2)12-6-17(26-22-7-12)24-16-5-4-15-19(25-16)18(20)14(9-21-15)13-8-23-27(3)10-13/h4-15H,1-3H3,(H,29,30,31);4-11H,1-3H3,(H,24,25,26). The minimum atomic E-state index is 0.360. The maximum atomic E-state index is 6.63. The minimum Gasteiger partial charge on any atom is -0.323 e. The highest BCUT2D eigenvalue weighted by Gasteiger charge is 2.17. The van der Waals surface area contributed by atoms with Crippen LogP contribution in [0.15, 0.2) is 110 Å². The second-order valence-corrected chi connectivity index (χ2v) is 14.9. The van der Waals surface area contributed by atoms with Crippen LogP contribution in [0.1, 0.15) is 50.7 Å². The van der Waals surface area contributed by atoms with Crippen molar-refractivity contribution in [3.8, 4) is 33.4 Å². The zero-order valence-electron chi connectivity index (χ0n) is 33.2. The smallest absolute Gasteiger partial charge is 0.154 e. The number of hydrogen-bond acceptors (Lipinski definition) is 13. The van der Waals surface area contributed by atoms with E-state index in [1.165, 1.54) is 0 Å². The molecule has 294 valence electrons. The van der Waals surface area contributed by atoms with Gasteiger partial charge in [-0.2, -0.15) is 20.4 Å². The SMILES string of the molecule is CC(C)c1cnnc(Nc2ccc3ncc(-c4cnn(C)c4)c(-c4cccnc4)c3n2)c1.CC(C)c1cnnc(Nc2ccc3ncc(-c4cnn(C)c4)c(Cl)c3n2)c1. The van der Waals surface area contributed by atoms with E-state index in [1.807, 2.05) is 93.6 Å². The molecule has 9 aromatic rings. The summed E-state index contributed by atoms with van der Waals surface area (Å²) in [6.07, 6.45) is 18.2. The summed E-state index contributed by atoms with van der Waals surface area (Å²) in [5, 5.41) is 32.0. The van der Waals surface area contributed by atoms with Gasteiger partial charge in [0.05, 0.1) is 46.4 Å². The number of aromatic nitrogens is 13. The van der Waals surface area contributed by atoms with Gasteiger partial charge in [-0.25, -0.2) is 9.97 Å². The van der Waals surface area contributed by atoms with Crippen LogP contribution < -0.4 is 10.6 Å². The summed E-state index contributed by atoms with van der Waals surface area (Å²) in [6.45, 7) is 8.47. The monoisotopic (exact) mass is 801 g/mol. The van der Waals surface area contributed by atoms with Gasteiger partial charge in [0.25, 0.3) is 0 Å². The van der Waals surface area contributed by atoms with E-state index in [0.717, 1.165) is 61.1 Å². The third-order valence-corrected chi connectivity index (χ3v) is 9.93. The summed E-state index contributed by atoms with van der Waals surface area (Å²) in [6, 6.07) is 15.5. The molecule has 0 radical (unpaired) electrons. The van der Waals surface area contributed by atoms with Crippen LogP contribution in [-0.4, -0.2) is 64.9 Å². The quantitative estimate of drug-likeness (QED) is 0.141. The molecule has 0 aliphatic rings. The Morgan fingerprint density at radius 3 is 1.64 bits per heavy atom. The maximum absolute atomic E-state index is 6.63. The van der Waals surface area contributed by atoms with Crippen LogP contribution in [0.25, 0.3) is 55.4 Å². The zero-order valence-corrected chi connectivity index (χ0v) is 34.0. The lowest BCUT2D eigenvalue weighted by Gasteiger charge is -2.13. The molecule has 0 spiro atoms. The Hall–Kier alpha value is -7.26. The topological polar surface area (TPSA) is 176 Å². The van der Waals surface area contributed by atoms with Gasteiger partial charge in [0.15, 0.2) is 11.6 Å². The van der Waals surface area contributed by atoms with E-state index in [0.29, 0.717) is 45.6 Å². The number of halogens is 1. The number of fused-ring (bicyclic) bond motifs is 2. The van der Waals surface area contributed by atoms with Crippen molar-refractivity contribution in [3.05, 3.63) is 127 Å². The Kier molecular flexibility index (Phi) is 10.9. The Labute approximate surface area is 345 Å². The van der Waals surface area contributed by atoms with Crippen LogP contribution in [0, 0.1) is 0 Å². The molecule has 0 aliphatic carbocycles. The zero-order chi connectivity index (χ0) is 41.0. The van der Waals surface area contributed by atoms with Gasteiger partial charge < -0.3 is 10.6 Å². The predicted octanol–water partition coefficient (Wildman–Crippen LogP) is 9.09. The summed E-state index contributed by atoms with van der Waals surface area (Å²) in [5.41, 5.74) is 10.7. The molecule has 9 aromatic heterocycles. The molecule has 0 saturated heterocycles. The molecular weight excluding hydrogens is 762 g/mol. The highest BCUT2D eigenvalue weighted by atomic mass is 35.5. The van der Waals surface area contributed by atoms with Crippen molar-refractivity contribution in [2.24, 2.45) is 14.1 Å². The largest absolute Gasteiger partial charge is 0.323 e. The van der Waals surface area contributed by atoms with Gasteiger partial charge in [-0.15, -0.1) is 10.2 Å². The molecule has 0 aromatic carbocycles. The van der Waals surface area contributed by atoms with Gasteiger partial charge in [-0.05, 0) is 65.4 Å². The van der Waals surface area contributed by atoms with E-state index >= 15 is 0 Å². The summed E-state index contributed by atoms with van der Waals surface area (Å²) in [7, 11) is 3.76. The van der Waals surface area contributed by atoms with Crippen molar-refractivity contribution < 1.29 is 0 Å². The van der Waals surface area contributed by atoms with Gasteiger partial charge in [-0.1, -0.05) is 45.4 Å². The lowest BCUT2D eigenvalue weighted by atomic mass is 9.97. The molecule has 0 saturated carbocycles. The van der Waals surface area contributed by atoms with Crippen molar-refractivity contribution in [2.75, 3.05) is 10.6 Å².